The maximum atomic E-state index is 12.8. The van der Waals surface area contributed by atoms with E-state index in [1.807, 2.05) is 24.3 Å². The number of nitrogens with one attached hydrogen (secondary N) is 3. The molecule has 0 saturated heterocycles. The molecule has 0 spiro atoms. The fourth-order valence-corrected chi connectivity index (χ4v) is 8.28. The lowest BCUT2D eigenvalue weighted by atomic mass is 10.1. The minimum Gasteiger partial charge on any atom is -0.494 e. The number of methoxy groups -OCH3 is 2. The molecule has 0 bridgehead atoms. The van der Waals surface area contributed by atoms with Crippen molar-refractivity contribution in [1.82, 2.24) is 25.8 Å². The monoisotopic (exact) mass is 1270 g/mol. The maximum absolute atomic E-state index is 12.8. The second kappa shape index (κ2) is 33.6. The molecule has 2 aromatic rings. The molecule has 2 amide bonds. The van der Waals surface area contributed by atoms with E-state index in [1.54, 1.807) is 21.3 Å². The molecule has 69 heavy (non-hydrogen) atoms. The summed E-state index contributed by atoms with van der Waals surface area (Å²) in [5.74, 6) is -7.28. The van der Waals surface area contributed by atoms with Gasteiger partial charge in [-0.05, 0) is 179 Å². The van der Waals surface area contributed by atoms with Gasteiger partial charge < -0.3 is 55.8 Å². The summed E-state index contributed by atoms with van der Waals surface area (Å²) in [6.07, 6.45) is -10.7. The van der Waals surface area contributed by atoms with Gasteiger partial charge in [-0.2, -0.15) is 39.5 Å². The molecule has 30 heteroatoms. The Bertz CT molecular complexity index is 1880. The number of ether oxygens (including phenoxy) is 2. The molecule has 0 saturated carbocycles. The zero-order valence-electron chi connectivity index (χ0n) is 37.3. The summed E-state index contributed by atoms with van der Waals surface area (Å²) >= 11 is 14.0. The predicted octanol–water partition coefficient (Wildman–Crippen LogP) is 7.51. The van der Waals surface area contributed by atoms with Crippen LogP contribution in [0.15, 0.2) is 47.3 Å². The second-order valence-electron chi connectivity index (χ2n) is 13.9. The summed E-state index contributed by atoms with van der Waals surface area (Å²) in [6.45, 7) is 4.83. The Morgan fingerprint density at radius 2 is 0.942 bits per heavy atom. The first-order chi connectivity index (χ1) is 31.8. The number of oxime groups is 1. The molecule has 0 heterocycles. The molecular formula is C39H51Br4F9N6O11. The zero-order chi connectivity index (χ0) is 53.9. The van der Waals surface area contributed by atoms with Gasteiger partial charge in [0.25, 0.3) is 5.91 Å². The van der Waals surface area contributed by atoms with E-state index in [4.69, 9.17) is 39.2 Å². The molecule has 2 rings (SSSR count). The van der Waals surface area contributed by atoms with Crippen molar-refractivity contribution in [2.75, 3.05) is 74.6 Å². The van der Waals surface area contributed by atoms with E-state index >= 15 is 0 Å². The van der Waals surface area contributed by atoms with Crippen molar-refractivity contribution in [2.24, 2.45) is 5.16 Å². The number of hydrogen-bond acceptors (Lipinski definition) is 12. The normalized spacial score (nSPS) is 12.0. The van der Waals surface area contributed by atoms with Crippen LogP contribution in [0, 0.1) is 0 Å². The number of aliphatic carboxylic acids is 3. The highest BCUT2D eigenvalue weighted by molar-refractivity contribution is 9.11. The van der Waals surface area contributed by atoms with Crippen LogP contribution in [-0.2, 0) is 36.8 Å². The van der Waals surface area contributed by atoms with E-state index in [-0.39, 0.29) is 30.0 Å². The molecule has 394 valence electrons. The van der Waals surface area contributed by atoms with E-state index in [0.717, 1.165) is 86.6 Å². The number of unbranched alkanes of at least 4 members (excludes halogenated alkanes) is 1. The van der Waals surface area contributed by atoms with Crippen LogP contribution in [0.1, 0.15) is 36.8 Å². The molecule has 1 atom stereocenters. The number of amides is 2. The van der Waals surface area contributed by atoms with Crippen LogP contribution in [-0.4, -0.2) is 165 Å². The van der Waals surface area contributed by atoms with Crippen LogP contribution in [0.25, 0.3) is 0 Å². The largest absolute Gasteiger partial charge is 0.494 e. The molecule has 17 nitrogen and oxygen atoms in total. The molecule has 0 aromatic heterocycles. The number of likely N-dealkylation sites (N-methyl/N-ethyl adjacent to an activating group) is 1. The van der Waals surface area contributed by atoms with Gasteiger partial charge in [-0.25, -0.2) is 14.4 Å². The van der Waals surface area contributed by atoms with Gasteiger partial charge in [0.2, 0.25) is 5.91 Å². The van der Waals surface area contributed by atoms with Crippen molar-refractivity contribution in [3.63, 3.8) is 0 Å². The number of carbonyl (C=O) groups is 5. The number of alkyl halides is 9. The average Bonchev–Trinajstić information content (AvgIpc) is 3.23. The predicted molar refractivity (Wildman–Crippen MR) is 247 cm³/mol. The highest BCUT2D eigenvalue weighted by atomic mass is 79.9. The number of benzene rings is 2. The van der Waals surface area contributed by atoms with Crippen molar-refractivity contribution in [1.29, 1.82) is 0 Å². The summed E-state index contributed by atoms with van der Waals surface area (Å²) < 4.78 is 109. The maximum Gasteiger partial charge on any atom is 0.490 e. The summed E-state index contributed by atoms with van der Waals surface area (Å²) in [5, 5.41) is 43.1. The zero-order valence-corrected chi connectivity index (χ0v) is 43.6. The quantitative estimate of drug-likeness (QED) is 0.0199. The Hall–Kier alpha value is -3.97. The van der Waals surface area contributed by atoms with Crippen LogP contribution in [0.5, 0.6) is 11.5 Å². The van der Waals surface area contributed by atoms with Gasteiger partial charge in [-0.3, -0.25) is 9.59 Å². The first-order valence-electron chi connectivity index (χ1n) is 19.5. The molecule has 0 aliphatic carbocycles. The van der Waals surface area contributed by atoms with E-state index in [2.05, 4.69) is 109 Å². The lowest BCUT2D eigenvalue weighted by Crippen LogP contribution is -2.44. The van der Waals surface area contributed by atoms with Crippen LogP contribution < -0.4 is 25.4 Å². The molecule has 0 radical (unpaired) electrons. The van der Waals surface area contributed by atoms with Crippen molar-refractivity contribution in [2.45, 2.75) is 63.1 Å². The fraction of sp³-hybridized carbons (Fsp3) is 0.538. The van der Waals surface area contributed by atoms with Crippen molar-refractivity contribution >= 4 is 99.2 Å². The first-order valence-corrected chi connectivity index (χ1v) is 22.7. The molecular weight excluding hydrogens is 1220 g/mol. The Labute approximate surface area is 424 Å². The van der Waals surface area contributed by atoms with Crippen LogP contribution >= 0.6 is 63.7 Å². The summed E-state index contributed by atoms with van der Waals surface area (Å²) in [5.41, 5.74) is 1.87. The summed E-state index contributed by atoms with van der Waals surface area (Å²) in [6, 6.07) is 7.29. The highest BCUT2D eigenvalue weighted by Crippen LogP contribution is 2.35. The fourth-order valence-electron chi connectivity index (χ4n) is 5.07. The van der Waals surface area contributed by atoms with Gasteiger partial charge in [0.05, 0.1) is 38.2 Å². The average molecular weight is 1270 g/mol. The van der Waals surface area contributed by atoms with Gasteiger partial charge in [0.15, 0.2) is 0 Å². The minimum absolute atomic E-state index is 0.0110. The van der Waals surface area contributed by atoms with Gasteiger partial charge in [0.1, 0.15) is 17.2 Å². The second-order valence-corrected chi connectivity index (χ2v) is 17.3. The topological polar surface area (TPSA) is 240 Å². The first kappa shape index (κ1) is 67.1. The number of carbonyl (C=O) groups excluding carboxylic acids is 2. The Morgan fingerprint density at radius 3 is 1.25 bits per heavy atom. The molecule has 0 fully saturated rings. The molecule has 2 aromatic carbocycles. The molecule has 0 aliphatic rings. The van der Waals surface area contributed by atoms with Crippen LogP contribution in [0.3, 0.4) is 0 Å². The van der Waals surface area contributed by atoms with Gasteiger partial charge in [-0.1, -0.05) is 5.16 Å². The van der Waals surface area contributed by atoms with E-state index in [0.29, 0.717) is 25.3 Å². The molecule has 0 aliphatic heterocycles. The smallest absolute Gasteiger partial charge is 0.490 e. The van der Waals surface area contributed by atoms with Crippen molar-refractivity contribution in [3.05, 3.63) is 53.3 Å². The SMILES string of the molecule is CN[C@@H](Cc1cc(Br)c(OC)c(Br)c1)C(=O)NCCCN(C)CCCCN(C)CCCNC(=O)/C(Cc1cc(Br)c(OC)c(Br)c1)=N/O.O=C(O)C(F)(F)F.O=C(O)C(F)(F)F.O=C(O)C(F)(F)F. The number of rotatable bonds is 22. The molecule has 0 unspecified atom stereocenters. The number of carboxylic acids is 3. The third kappa shape index (κ3) is 29.7. The third-order valence-electron chi connectivity index (χ3n) is 8.46. The Morgan fingerprint density at radius 1 is 0.623 bits per heavy atom. The third-order valence-corrected chi connectivity index (χ3v) is 10.8. The minimum atomic E-state index is -5.08. The van der Waals surface area contributed by atoms with Gasteiger partial charge in [-0.15, -0.1) is 0 Å². The number of carboxylic acid groups (broad SMARTS) is 3. The standard InChI is InChI=1S/C33H48Br4N6O5.3C2HF3O2/c1-38-28(20-22-16-24(34)30(47-4)25(35)17-22)32(44)39-10-8-14-42(2)12-6-7-13-43(3)15-9-11-40-33(45)29(41-46)21-23-18-26(36)31(48-5)27(37)19-23;3*3-2(4,5)1(6)7/h16-19,28,38,46H,6-15,20-21H2,1-5H3,(H,39,44)(H,40,45);3*(H,6,7)/b41-29+;;;/t28-;;;/m0.../s1. The van der Waals surface area contributed by atoms with Crippen LogP contribution in [0.4, 0.5) is 39.5 Å². The Kier molecular flexibility index (Phi) is 32.7. The number of halogens is 13. The van der Waals surface area contributed by atoms with Crippen molar-refractivity contribution < 1.29 is 93.5 Å². The van der Waals surface area contributed by atoms with Gasteiger partial charge >= 0.3 is 36.4 Å². The van der Waals surface area contributed by atoms with Crippen molar-refractivity contribution in [3.8, 4) is 11.5 Å². The lowest BCUT2D eigenvalue weighted by Gasteiger charge is -2.20. The summed E-state index contributed by atoms with van der Waals surface area (Å²) in [4.78, 5) is 56.6. The van der Waals surface area contributed by atoms with Gasteiger partial charge in [0, 0.05) is 19.5 Å². The highest BCUT2D eigenvalue weighted by Gasteiger charge is 2.39. The lowest BCUT2D eigenvalue weighted by molar-refractivity contribution is -0.193. The number of hydrogen-bond donors (Lipinski definition) is 7. The number of nitrogens with zero attached hydrogens (tertiary/aromatic N) is 3. The van der Waals surface area contributed by atoms with Crippen LogP contribution in [0.2, 0.25) is 0 Å². The Balaban J connectivity index is 0. The molecule has 7 N–H and O–H groups in total. The van der Waals surface area contributed by atoms with E-state index in [9.17, 15) is 54.3 Å². The van der Waals surface area contributed by atoms with E-state index in [1.165, 1.54) is 0 Å². The summed E-state index contributed by atoms with van der Waals surface area (Å²) in [7, 11) is 9.19. The van der Waals surface area contributed by atoms with E-state index < -0.39 is 36.4 Å².